The molecule has 0 heterocycles. The van der Waals surface area contributed by atoms with Crippen LogP contribution in [0.1, 0.15) is 5.56 Å². The SMILES string of the molecule is O=C(I)NOCc1c(Br)cccc1[N+](=O)[O-]. The van der Waals surface area contributed by atoms with E-state index >= 15 is 0 Å². The van der Waals surface area contributed by atoms with E-state index in [1.54, 1.807) is 12.1 Å². The Kier molecular flexibility index (Phi) is 5.09. The quantitative estimate of drug-likeness (QED) is 0.277. The van der Waals surface area contributed by atoms with Crippen molar-refractivity contribution in [2.75, 3.05) is 0 Å². The summed E-state index contributed by atoms with van der Waals surface area (Å²) in [5.41, 5.74) is 2.41. The smallest absolute Gasteiger partial charge is 0.268 e. The van der Waals surface area contributed by atoms with Gasteiger partial charge in [-0.25, -0.2) is 5.48 Å². The van der Waals surface area contributed by atoms with E-state index in [1.165, 1.54) is 28.7 Å². The summed E-state index contributed by atoms with van der Waals surface area (Å²) in [4.78, 5) is 25.6. The van der Waals surface area contributed by atoms with Crippen LogP contribution in [0.2, 0.25) is 0 Å². The zero-order valence-electron chi connectivity index (χ0n) is 7.78. The van der Waals surface area contributed by atoms with Crippen molar-refractivity contribution >= 4 is 48.1 Å². The molecule has 0 spiro atoms. The summed E-state index contributed by atoms with van der Waals surface area (Å²) < 4.78 is 0.164. The Balaban J connectivity index is 2.84. The van der Waals surface area contributed by atoms with Crippen molar-refractivity contribution in [2.24, 2.45) is 0 Å². The number of halogens is 2. The molecule has 0 aromatic heterocycles. The van der Waals surface area contributed by atoms with E-state index in [0.717, 1.165) is 0 Å². The summed E-state index contributed by atoms with van der Waals surface area (Å²) >= 11 is 4.68. The highest BCUT2D eigenvalue weighted by Gasteiger charge is 2.16. The molecule has 0 atom stereocenters. The molecule has 1 N–H and O–H groups in total. The van der Waals surface area contributed by atoms with Gasteiger partial charge in [0, 0.05) is 33.1 Å². The molecule has 0 fully saturated rings. The third kappa shape index (κ3) is 3.68. The van der Waals surface area contributed by atoms with E-state index in [9.17, 15) is 14.9 Å². The highest BCUT2D eigenvalue weighted by atomic mass is 127. The first-order valence-electron chi connectivity index (χ1n) is 4.01. The molecule has 0 bridgehead atoms. The topological polar surface area (TPSA) is 81.5 Å². The maximum Gasteiger partial charge on any atom is 0.304 e. The van der Waals surface area contributed by atoms with Crippen molar-refractivity contribution in [3.63, 3.8) is 0 Å². The van der Waals surface area contributed by atoms with E-state index in [2.05, 4.69) is 21.4 Å². The van der Waals surface area contributed by atoms with Crippen molar-refractivity contribution in [2.45, 2.75) is 6.61 Å². The Labute approximate surface area is 113 Å². The van der Waals surface area contributed by atoms with E-state index in [-0.39, 0.29) is 12.3 Å². The third-order valence-electron chi connectivity index (χ3n) is 1.66. The fourth-order valence-electron chi connectivity index (χ4n) is 1.03. The predicted molar refractivity (Wildman–Crippen MR) is 68.1 cm³/mol. The van der Waals surface area contributed by atoms with Crippen molar-refractivity contribution in [1.82, 2.24) is 5.48 Å². The maximum atomic E-state index is 10.7. The minimum Gasteiger partial charge on any atom is -0.268 e. The number of amides is 1. The molecule has 86 valence electrons. The molecule has 0 saturated carbocycles. The van der Waals surface area contributed by atoms with Crippen LogP contribution in [0.15, 0.2) is 22.7 Å². The minimum atomic E-state index is -0.505. The molecule has 6 nitrogen and oxygen atoms in total. The monoisotopic (exact) mass is 400 g/mol. The van der Waals surface area contributed by atoms with Crippen LogP contribution in [0.25, 0.3) is 0 Å². The number of hydrogen-bond donors (Lipinski definition) is 1. The lowest BCUT2D eigenvalue weighted by molar-refractivity contribution is -0.386. The largest absolute Gasteiger partial charge is 0.304 e. The molecule has 0 aliphatic carbocycles. The van der Waals surface area contributed by atoms with E-state index in [1.807, 2.05) is 0 Å². The first-order chi connectivity index (χ1) is 7.52. The van der Waals surface area contributed by atoms with E-state index in [0.29, 0.717) is 10.0 Å². The normalized spacial score (nSPS) is 9.88. The van der Waals surface area contributed by atoms with Gasteiger partial charge in [0.25, 0.3) is 5.69 Å². The molecular formula is C8H6BrIN2O4. The Bertz CT molecular complexity index is 426. The summed E-state index contributed by atoms with van der Waals surface area (Å²) in [6, 6.07) is 4.59. The lowest BCUT2D eigenvalue weighted by Crippen LogP contribution is -2.16. The Morgan fingerprint density at radius 1 is 1.62 bits per heavy atom. The van der Waals surface area contributed by atoms with E-state index < -0.39 is 8.84 Å². The highest BCUT2D eigenvalue weighted by molar-refractivity contribution is 14.1. The second-order valence-corrected chi connectivity index (χ2v) is 4.49. The van der Waals surface area contributed by atoms with Gasteiger partial charge in [0.15, 0.2) is 0 Å². The maximum absolute atomic E-state index is 10.7. The summed E-state index contributed by atoms with van der Waals surface area (Å²) in [7, 11) is 0. The molecule has 0 aliphatic rings. The van der Waals surface area contributed by atoms with Gasteiger partial charge < -0.3 is 0 Å². The van der Waals surface area contributed by atoms with Crippen LogP contribution in [0, 0.1) is 10.1 Å². The molecule has 0 radical (unpaired) electrons. The number of benzene rings is 1. The average molecular weight is 401 g/mol. The zero-order chi connectivity index (χ0) is 12.1. The first-order valence-corrected chi connectivity index (χ1v) is 5.88. The minimum absolute atomic E-state index is 0.0583. The second kappa shape index (κ2) is 6.11. The molecule has 1 rings (SSSR count). The molecule has 0 unspecified atom stereocenters. The third-order valence-corrected chi connectivity index (χ3v) is 2.62. The number of carbonyl (C=O) groups is 1. The lowest BCUT2D eigenvalue weighted by Gasteiger charge is -2.05. The van der Waals surface area contributed by atoms with Gasteiger partial charge in [0.2, 0.25) is 0 Å². The number of hydroxylamine groups is 1. The number of hydrogen-bond acceptors (Lipinski definition) is 4. The number of nitrogens with one attached hydrogen (secondary N) is 1. The lowest BCUT2D eigenvalue weighted by atomic mass is 10.2. The molecular weight excluding hydrogens is 395 g/mol. The van der Waals surface area contributed by atoms with Gasteiger partial charge in [0.05, 0.1) is 10.5 Å². The van der Waals surface area contributed by atoms with Gasteiger partial charge in [-0.2, -0.15) is 0 Å². The molecule has 1 aromatic rings. The van der Waals surface area contributed by atoms with Crippen molar-refractivity contribution in [3.8, 4) is 0 Å². The zero-order valence-corrected chi connectivity index (χ0v) is 11.5. The number of nitrogens with zero attached hydrogens (tertiary/aromatic N) is 1. The Morgan fingerprint density at radius 3 is 2.88 bits per heavy atom. The van der Waals surface area contributed by atoms with Crippen LogP contribution in [0.3, 0.4) is 0 Å². The fourth-order valence-corrected chi connectivity index (χ4v) is 1.65. The molecule has 16 heavy (non-hydrogen) atoms. The Hall–Kier alpha value is -0.740. The number of nitro groups is 1. The fraction of sp³-hybridized carbons (Fsp3) is 0.125. The van der Waals surface area contributed by atoms with Gasteiger partial charge in [0.1, 0.15) is 6.61 Å². The number of nitro benzene ring substituents is 1. The van der Waals surface area contributed by atoms with Crippen molar-refractivity contribution < 1.29 is 14.6 Å². The standard InChI is InChI=1S/C8H6BrIN2O4/c9-6-2-1-3-7(12(14)15)5(6)4-16-11-8(10)13/h1-3H,4H2,(H,11,13). The van der Waals surface area contributed by atoms with Gasteiger partial charge >= 0.3 is 3.91 Å². The van der Waals surface area contributed by atoms with Crippen LogP contribution in [0.5, 0.6) is 0 Å². The Morgan fingerprint density at radius 2 is 2.31 bits per heavy atom. The van der Waals surface area contributed by atoms with Crippen LogP contribution >= 0.6 is 38.5 Å². The summed E-state index contributed by atoms with van der Waals surface area (Å²) in [6.45, 7) is -0.0769. The van der Waals surface area contributed by atoms with Gasteiger partial charge in [-0.3, -0.25) is 19.7 Å². The molecule has 1 amide bonds. The van der Waals surface area contributed by atoms with Gasteiger partial charge in [-0.1, -0.05) is 22.0 Å². The van der Waals surface area contributed by atoms with Gasteiger partial charge in [-0.15, -0.1) is 0 Å². The summed E-state index contributed by atoms with van der Waals surface area (Å²) in [5.74, 6) is 0. The first kappa shape index (κ1) is 13.3. The van der Waals surface area contributed by atoms with Crippen LogP contribution in [-0.2, 0) is 11.4 Å². The summed E-state index contributed by atoms with van der Waals surface area (Å²) in [5, 5.41) is 10.7. The van der Waals surface area contributed by atoms with Crippen LogP contribution in [-0.4, -0.2) is 8.84 Å². The van der Waals surface area contributed by atoms with Crippen molar-refractivity contribution in [1.29, 1.82) is 0 Å². The number of rotatable bonds is 4. The molecule has 0 aliphatic heterocycles. The van der Waals surface area contributed by atoms with Gasteiger partial charge in [-0.05, 0) is 6.07 Å². The molecule has 1 aromatic carbocycles. The van der Waals surface area contributed by atoms with E-state index in [4.69, 9.17) is 4.84 Å². The molecule has 8 heteroatoms. The summed E-state index contributed by atoms with van der Waals surface area (Å²) in [6.07, 6.45) is 0. The predicted octanol–water partition coefficient (Wildman–Crippen LogP) is 2.93. The van der Waals surface area contributed by atoms with Crippen LogP contribution < -0.4 is 5.48 Å². The van der Waals surface area contributed by atoms with Crippen molar-refractivity contribution in [3.05, 3.63) is 38.3 Å². The average Bonchev–Trinajstić information content (AvgIpc) is 2.19. The highest BCUT2D eigenvalue weighted by Crippen LogP contribution is 2.26. The number of carbonyl (C=O) groups excluding carboxylic acids is 1. The molecule has 0 saturated heterocycles. The van der Waals surface area contributed by atoms with Crippen LogP contribution in [0.4, 0.5) is 10.5 Å². The second-order valence-electron chi connectivity index (χ2n) is 2.66.